The lowest BCUT2D eigenvalue weighted by Crippen LogP contribution is -2.44. The van der Waals surface area contributed by atoms with E-state index in [1.807, 2.05) is 0 Å². The molecule has 1 rings (SSSR count). The Hall–Kier alpha value is -1.04. The first-order chi connectivity index (χ1) is 9.21. The number of rotatable bonds is 4. The van der Waals surface area contributed by atoms with Crippen LogP contribution in [-0.2, 0) is 11.2 Å². The first kappa shape index (κ1) is 17.0. The molecule has 3 N–H and O–H groups in total. The zero-order valence-electron chi connectivity index (χ0n) is 11.7. The van der Waals surface area contributed by atoms with Gasteiger partial charge in [-0.05, 0) is 38.8 Å². The number of hydrogen-bond acceptors (Lipinski definition) is 4. The third-order valence-corrected chi connectivity index (χ3v) is 3.03. The fraction of sp³-hybridized carbons (Fsp3) is 0.538. The molecule has 0 fully saturated rings. The Morgan fingerprint density at radius 3 is 2.65 bits per heavy atom. The molecule has 112 valence electrons. The number of carbonyl (C=O) groups is 1. The number of halogens is 2. The molecule has 0 aliphatic heterocycles. The highest BCUT2D eigenvalue weighted by Gasteiger charge is 2.19. The van der Waals surface area contributed by atoms with E-state index in [9.17, 15) is 4.79 Å². The fourth-order valence-corrected chi connectivity index (χ4v) is 1.82. The molecule has 0 aliphatic rings. The maximum Gasteiger partial charge on any atom is 0.407 e. The number of ether oxygens (including phenoxy) is 1. The summed E-state index contributed by atoms with van der Waals surface area (Å²) in [6.07, 6.45) is 1.61. The molecule has 1 atom stereocenters. The van der Waals surface area contributed by atoms with Crippen molar-refractivity contribution in [1.29, 1.82) is 0 Å². The third kappa shape index (κ3) is 5.94. The van der Waals surface area contributed by atoms with Crippen LogP contribution < -0.4 is 11.1 Å². The average Bonchev–Trinajstić information content (AvgIpc) is 2.30. The molecule has 5 nitrogen and oxygen atoms in total. The highest BCUT2D eigenvalue weighted by atomic mass is 35.5. The van der Waals surface area contributed by atoms with Crippen LogP contribution >= 0.6 is 23.2 Å². The second-order valence-corrected chi connectivity index (χ2v) is 6.16. The number of nitrogens with one attached hydrogen (secondary N) is 1. The molecule has 0 saturated heterocycles. The quantitative estimate of drug-likeness (QED) is 0.836. The standard InChI is InChI=1S/C13H19Cl2N3O2/c1-13(2,3)20-12(19)18-9(6-16)4-8-5-10(14)11(15)17-7-8/h5,7,9H,4,6,16H2,1-3H3,(H,18,19). The SMILES string of the molecule is CC(C)(C)OC(=O)NC(CN)Cc1cnc(Cl)c(Cl)c1. The minimum atomic E-state index is -0.547. The number of alkyl carbamates (subject to hydrolysis) is 1. The lowest BCUT2D eigenvalue weighted by atomic mass is 10.1. The predicted octanol–water partition coefficient (Wildman–Crippen LogP) is 2.78. The van der Waals surface area contributed by atoms with Gasteiger partial charge in [-0.25, -0.2) is 9.78 Å². The monoisotopic (exact) mass is 319 g/mol. The molecule has 1 unspecified atom stereocenters. The van der Waals surface area contributed by atoms with Crippen molar-refractivity contribution < 1.29 is 9.53 Å². The van der Waals surface area contributed by atoms with Crippen molar-refractivity contribution in [2.45, 2.75) is 38.8 Å². The normalized spacial score (nSPS) is 12.9. The van der Waals surface area contributed by atoms with E-state index < -0.39 is 11.7 Å². The Bertz CT molecular complexity index is 475. The summed E-state index contributed by atoms with van der Waals surface area (Å²) < 4.78 is 5.18. The van der Waals surface area contributed by atoms with Crippen LogP contribution in [0.1, 0.15) is 26.3 Å². The van der Waals surface area contributed by atoms with Crippen molar-refractivity contribution in [3.63, 3.8) is 0 Å². The summed E-state index contributed by atoms with van der Waals surface area (Å²) in [5.74, 6) is 0. The predicted molar refractivity (Wildman–Crippen MR) is 80.2 cm³/mol. The molecule has 0 aromatic carbocycles. The van der Waals surface area contributed by atoms with E-state index in [1.165, 1.54) is 0 Å². The maximum absolute atomic E-state index is 11.7. The van der Waals surface area contributed by atoms with Crippen LogP contribution in [0.2, 0.25) is 10.2 Å². The highest BCUT2D eigenvalue weighted by molar-refractivity contribution is 6.41. The number of hydrogen-bond donors (Lipinski definition) is 2. The van der Waals surface area contributed by atoms with Gasteiger partial charge in [-0.1, -0.05) is 23.2 Å². The van der Waals surface area contributed by atoms with Gasteiger partial charge in [0.2, 0.25) is 0 Å². The summed E-state index contributed by atoms with van der Waals surface area (Å²) in [6, 6.07) is 1.44. The van der Waals surface area contributed by atoms with Gasteiger partial charge in [-0.2, -0.15) is 0 Å². The van der Waals surface area contributed by atoms with Gasteiger partial charge < -0.3 is 15.8 Å². The molecule has 0 aliphatic carbocycles. The van der Waals surface area contributed by atoms with Crippen LogP contribution in [0.5, 0.6) is 0 Å². The topological polar surface area (TPSA) is 77.2 Å². The Morgan fingerprint density at radius 1 is 1.50 bits per heavy atom. The van der Waals surface area contributed by atoms with Crippen molar-refractivity contribution in [3.05, 3.63) is 28.0 Å². The smallest absolute Gasteiger partial charge is 0.407 e. The molecule has 0 radical (unpaired) electrons. The summed E-state index contributed by atoms with van der Waals surface area (Å²) >= 11 is 11.6. The molecule has 0 bridgehead atoms. The van der Waals surface area contributed by atoms with E-state index in [2.05, 4.69) is 10.3 Å². The lowest BCUT2D eigenvalue weighted by molar-refractivity contribution is 0.0506. The molecular formula is C13H19Cl2N3O2. The van der Waals surface area contributed by atoms with E-state index in [-0.39, 0.29) is 17.7 Å². The molecule has 0 saturated carbocycles. The molecule has 0 spiro atoms. The molecule has 1 amide bonds. The Balaban J connectivity index is 2.63. The van der Waals surface area contributed by atoms with Crippen molar-refractivity contribution in [1.82, 2.24) is 10.3 Å². The van der Waals surface area contributed by atoms with Crippen molar-refractivity contribution in [3.8, 4) is 0 Å². The van der Waals surface area contributed by atoms with E-state index in [0.29, 0.717) is 11.4 Å². The molecule has 1 aromatic rings. The highest BCUT2D eigenvalue weighted by Crippen LogP contribution is 2.20. The van der Waals surface area contributed by atoms with Crippen LogP contribution in [0.3, 0.4) is 0 Å². The van der Waals surface area contributed by atoms with Gasteiger partial charge in [0, 0.05) is 18.8 Å². The minimum Gasteiger partial charge on any atom is -0.444 e. The zero-order valence-corrected chi connectivity index (χ0v) is 13.3. The van der Waals surface area contributed by atoms with Gasteiger partial charge in [-0.15, -0.1) is 0 Å². The van der Waals surface area contributed by atoms with E-state index in [0.717, 1.165) is 5.56 Å². The first-order valence-corrected chi connectivity index (χ1v) is 6.96. The molecular weight excluding hydrogens is 301 g/mol. The minimum absolute atomic E-state index is 0.250. The number of nitrogens with zero attached hydrogens (tertiary/aromatic N) is 1. The Kier molecular flexibility index (Phi) is 6.05. The van der Waals surface area contributed by atoms with Crippen LogP contribution in [0.25, 0.3) is 0 Å². The van der Waals surface area contributed by atoms with Crippen LogP contribution in [0, 0.1) is 0 Å². The second-order valence-electron chi connectivity index (χ2n) is 5.40. The van der Waals surface area contributed by atoms with Gasteiger partial charge >= 0.3 is 6.09 Å². The van der Waals surface area contributed by atoms with E-state index in [1.54, 1.807) is 33.0 Å². The second kappa shape index (κ2) is 7.11. The molecule has 20 heavy (non-hydrogen) atoms. The summed E-state index contributed by atoms with van der Waals surface area (Å²) in [5, 5.41) is 3.34. The number of pyridine rings is 1. The van der Waals surface area contributed by atoms with Gasteiger partial charge in [0.05, 0.1) is 5.02 Å². The maximum atomic E-state index is 11.7. The number of aromatic nitrogens is 1. The first-order valence-electron chi connectivity index (χ1n) is 6.21. The number of amides is 1. The van der Waals surface area contributed by atoms with Crippen molar-refractivity contribution in [2.75, 3.05) is 6.54 Å². The van der Waals surface area contributed by atoms with E-state index in [4.69, 9.17) is 33.7 Å². The van der Waals surface area contributed by atoms with Crippen molar-refractivity contribution in [2.24, 2.45) is 5.73 Å². The van der Waals surface area contributed by atoms with Crippen molar-refractivity contribution >= 4 is 29.3 Å². The fourth-order valence-electron chi connectivity index (χ4n) is 1.52. The summed E-state index contributed by atoms with van der Waals surface area (Å²) in [6.45, 7) is 5.67. The van der Waals surface area contributed by atoms with Gasteiger partial charge in [0.1, 0.15) is 10.8 Å². The average molecular weight is 320 g/mol. The third-order valence-electron chi connectivity index (χ3n) is 2.34. The zero-order chi connectivity index (χ0) is 15.3. The van der Waals surface area contributed by atoms with Crippen LogP contribution in [-0.4, -0.2) is 29.3 Å². The van der Waals surface area contributed by atoms with Gasteiger partial charge in [0.15, 0.2) is 0 Å². The summed E-state index contributed by atoms with van der Waals surface area (Å²) in [4.78, 5) is 15.6. The van der Waals surface area contributed by atoms with Crippen LogP contribution in [0.15, 0.2) is 12.3 Å². The molecule has 1 aromatic heterocycles. The van der Waals surface area contributed by atoms with Gasteiger partial charge in [-0.3, -0.25) is 0 Å². The molecule has 7 heteroatoms. The summed E-state index contributed by atoms with van der Waals surface area (Å²) in [7, 11) is 0. The Morgan fingerprint density at radius 2 is 2.15 bits per heavy atom. The van der Waals surface area contributed by atoms with Gasteiger partial charge in [0.25, 0.3) is 0 Å². The Labute approximate surface area is 128 Å². The number of nitrogens with two attached hydrogens (primary N) is 1. The van der Waals surface area contributed by atoms with Crippen LogP contribution in [0.4, 0.5) is 4.79 Å². The lowest BCUT2D eigenvalue weighted by Gasteiger charge is -2.23. The molecule has 1 heterocycles. The van der Waals surface area contributed by atoms with E-state index >= 15 is 0 Å². The number of carbonyl (C=O) groups excluding carboxylic acids is 1. The summed E-state index contributed by atoms with van der Waals surface area (Å²) in [5.41, 5.74) is 5.94. The largest absolute Gasteiger partial charge is 0.444 e.